The van der Waals surface area contributed by atoms with Crippen molar-refractivity contribution in [3.8, 4) is 0 Å². The molecule has 3 heteroatoms. The number of hydrogen-bond acceptors (Lipinski definition) is 3. The number of ether oxygens (including phenoxy) is 1. The number of rotatable bonds is 2. The Morgan fingerprint density at radius 1 is 0.900 bits per heavy atom. The molecule has 0 aliphatic carbocycles. The average Bonchev–Trinajstić information content (AvgIpc) is 2.86. The first-order valence-electron chi connectivity index (χ1n) is 7.16. The molecule has 2 aromatic carbocycles. The molecule has 0 saturated carbocycles. The standard InChI is InChI=1S/C17H17NO2/c1-2-4-16-14(3-1)15-11-13(5-6-17(15)20-16)18-12-7-9-19-10-8-12/h1-6,11-12,18H,7-10H2. The molecule has 3 nitrogen and oxygen atoms in total. The van der Waals surface area contributed by atoms with Crippen molar-refractivity contribution in [2.45, 2.75) is 18.9 Å². The van der Waals surface area contributed by atoms with Crippen molar-refractivity contribution in [1.82, 2.24) is 0 Å². The van der Waals surface area contributed by atoms with Crippen LogP contribution in [0, 0.1) is 0 Å². The summed E-state index contributed by atoms with van der Waals surface area (Å²) >= 11 is 0. The van der Waals surface area contributed by atoms with Crippen LogP contribution in [0.25, 0.3) is 21.9 Å². The summed E-state index contributed by atoms with van der Waals surface area (Å²) in [5.74, 6) is 0. The van der Waals surface area contributed by atoms with Gasteiger partial charge < -0.3 is 14.5 Å². The van der Waals surface area contributed by atoms with Gasteiger partial charge in [0.1, 0.15) is 11.2 Å². The number of para-hydroxylation sites is 1. The van der Waals surface area contributed by atoms with E-state index < -0.39 is 0 Å². The normalized spacial score (nSPS) is 16.8. The van der Waals surface area contributed by atoms with Crippen LogP contribution in [0.15, 0.2) is 46.9 Å². The number of fused-ring (bicyclic) bond motifs is 3. The van der Waals surface area contributed by atoms with Crippen LogP contribution in [0.3, 0.4) is 0 Å². The lowest BCUT2D eigenvalue weighted by atomic mass is 10.1. The summed E-state index contributed by atoms with van der Waals surface area (Å²) in [5, 5.41) is 5.96. The van der Waals surface area contributed by atoms with Crippen molar-refractivity contribution in [1.29, 1.82) is 0 Å². The highest BCUT2D eigenvalue weighted by atomic mass is 16.5. The third kappa shape index (κ3) is 2.04. The third-order valence-electron chi connectivity index (χ3n) is 3.97. The summed E-state index contributed by atoms with van der Waals surface area (Å²) in [6.45, 7) is 1.71. The predicted molar refractivity (Wildman–Crippen MR) is 81.2 cm³/mol. The second-order valence-corrected chi connectivity index (χ2v) is 5.34. The highest BCUT2D eigenvalue weighted by Gasteiger charge is 2.14. The minimum absolute atomic E-state index is 0.513. The second-order valence-electron chi connectivity index (χ2n) is 5.34. The summed E-state index contributed by atoms with van der Waals surface area (Å²) in [6, 6.07) is 15.0. The smallest absolute Gasteiger partial charge is 0.135 e. The average molecular weight is 267 g/mol. The summed E-state index contributed by atoms with van der Waals surface area (Å²) in [4.78, 5) is 0. The van der Waals surface area contributed by atoms with Gasteiger partial charge in [-0.05, 0) is 37.1 Å². The first-order valence-corrected chi connectivity index (χ1v) is 7.16. The Bertz CT molecular complexity index is 741. The van der Waals surface area contributed by atoms with Gasteiger partial charge >= 0.3 is 0 Å². The molecule has 4 rings (SSSR count). The van der Waals surface area contributed by atoms with Gasteiger partial charge in [0.25, 0.3) is 0 Å². The monoisotopic (exact) mass is 267 g/mol. The van der Waals surface area contributed by atoms with Gasteiger partial charge in [-0.3, -0.25) is 0 Å². The van der Waals surface area contributed by atoms with Crippen LogP contribution < -0.4 is 5.32 Å². The van der Waals surface area contributed by atoms with Crippen molar-refractivity contribution in [3.63, 3.8) is 0 Å². The number of hydrogen-bond donors (Lipinski definition) is 1. The van der Waals surface area contributed by atoms with Gasteiger partial charge in [0.05, 0.1) is 0 Å². The van der Waals surface area contributed by atoms with E-state index in [4.69, 9.17) is 9.15 Å². The largest absolute Gasteiger partial charge is 0.456 e. The van der Waals surface area contributed by atoms with E-state index in [0.29, 0.717) is 6.04 Å². The summed E-state index contributed by atoms with van der Waals surface area (Å²) in [5.41, 5.74) is 3.06. The molecule has 20 heavy (non-hydrogen) atoms. The maximum absolute atomic E-state index is 5.85. The van der Waals surface area contributed by atoms with Crippen molar-refractivity contribution in [2.24, 2.45) is 0 Å². The van der Waals surface area contributed by atoms with E-state index in [1.54, 1.807) is 0 Å². The summed E-state index contributed by atoms with van der Waals surface area (Å²) in [7, 11) is 0. The van der Waals surface area contributed by atoms with E-state index in [-0.39, 0.29) is 0 Å². The Hall–Kier alpha value is -2.00. The van der Waals surface area contributed by atoms with Gasteiger partial charge in [0.2, 0.25) is 0 Å². The Balaban J connectivity index is 1.71. The van der Waals surface area contributed by atoms with Gasteiger partial charge in [-0.25, -0.2) is 0 Å². The van der Waals surface area contributed by atoms with Gasteiger partial charge in [0.15, 0.2) is 0 Å². The van der Waals surface area contributed by atoms with Gasteiger partial charge in [-0.2, -0.15) is 0 Å². The number of nitrogens with one attached hydrogen (secondary N) is 1. The van der Waals surface area contributed by atoms with Gasteiger partial charge in [-0.15, -0.1) is 0 Å². The highest BCUT2D eigenvalue weighted by molar-refractivity contribution is 6.05. The van der Waals surface area contributed by atoms with E-state index in [2.05, 4.69) is 35.6 Å². The topological polar surface area (TPSA) is 34.4 Å². The van der Waals surface area contributed by atoms with Crippen molar-refractivity contribution in [2.75, 3.05) is 18.5 Å². The first kappa shape index (κ1) is 11.8. The maximum atomic E-state index is 5.85. The fourth-order valence-electron chi connectivity index (χ4n) is 2.89. The van der Waals surface area contributed by atoms with Crippen LogP contribution in [0.2, 0.25) is 0 Å². The van der Waals surface area contributed by atoms with Crippen LogP contribution in [-0.2, 0) is 4.74 Å². The van der Waals surface area contributed by atoms with Gasteiger partial charge in [0, 0.05) is 35.7 Å². The number of anilines is 1. The zero-order valence-corrected chi connectivity index (χ0v) is 11.3. The van der Waals surface area contributed by atoms with Gasteiger partial charge in [-0.1, -0.05) is 18.2 Å². The molecule has 0 radical (unpaired) electrons. The Labute approximate surface area is 117 Å². The minimum Gasteiger partial charge on any atom is -0.456 e. The maximum Gasteiger partial charge on any atom is 0.135 e. The molecule has 1 aliphatic heterocycles. The van der Waals surface area contributed by atoms with E-state index in [1.807, 2.05) is 12.1 Å². The van der Waals surface area contributed by atoms with E-state index in [0.717, 1.165) is 42.9 Å². The molecule has 1 aliphatic rings. The fraction of sp³-hybridized carbons (Fsp3) is 0.294. The van der Waals surface area contributed by atoms with E-state index in [1.165, 1.54) is 10.8 Å². The molecule has 1 fully saturated rings. The number of benzene rings is 2. The van der Waals surface area contributed by atoms with Crippen LogP contribution in [0.1, 0.15) is 12.8 Å². The summed E-state index contributed by atoms with van der Waals surface area (Å²) in [6.07, 6.45) is 2.15. The predicted octanol–water partition coefficient (Wildman–Crippen LogP) is 4.18. The molecular formula is C17H17NO2. The molecule has 1 saturated heterocycles. The zero-order valence-electron chi connectivity index (χ0n) is 11.3. The Kier molecular flexibility index (Phi) is 2.85. The Morgan fingerprint density at radius 2 is 1.70 bits per heavy atom. The minimum atomic E-state index is 0.513. The molecule has 0 atom stereocenters. The second kappa shape index (κ2) is 4.84. The molecule has 102 valence electrons. The lowest BCUT2D eigenvalue weighted by molar-refractivity contribution is 0.0904. The molecule has 1 aromatic heterocycles. The lowest BCUT2D eigenvalue weighted by Gasteiger charge is -2.24. The molecule has 0 amide bonds. The third-order valence-corrected chi connectivity index (χ3v) is 3.97. The van der Waals surface area contributed by atoms with Crippen LogP contribution in [0.4, 0.5) is 5.69 Å². The molecule has 3 aromatic rings. The zero-order chi connectivity index (χ0) is 13.4. The molecule has 0 spiro atoms. The molecule has 1 N–H and O–H groups in total. The molecule has 0 unspecified atom stereocenters. The molecular weight excluding hydrogens is 250 g/mol. The lowest BCUT2D eigenvalue weighted by Crippen LogP contribution is -2.27. The molecule has 2 heterocycles. The summed E-state index contributed by atoms with van der Waals surface area (Å²) < 4.78 is 11.2. The fourth-order valence-corrected chi connectivity index (χ4v) is 2.89. The van der Waals surface area contributed by atoms with Crippen molar-refractivity contribution >= 4 is 27.6 Å². The van der Waals surface area contributed by atoms with Crippen molar-refractivity contribution in [3.05, 3.63) is 42.5 Å². The van der Waals surface area contributed by atoms with Crippen LogP contribution in [-0.4, -0.2) is 19.3 Å². The number of furan rings is 1. The van der Waals surface area contributed by atoms with Crippen LogP contribution >= 0.6 is 0 Å². The van der Waals surface area contributed by atoms with Crippen molar-refractivity contribution < 1.29 is 9.15 Å². The Morgan fingerprint density at radius 3 is 2.60 bits per heavy atom. The highest BCUT2D eigenvalue weighted by Crippen LogP contribution is 2.31. The van der Waals surface area contributed by atoms with E-state index >= 15 is 0 Å². The SMILES string of the molecule is c1ccc2c(c1)oc1ccc(NC3CCOCC3)cc12. The first-order chi connectivity index (χ1) is 9.90. The molecule has 0 bridgehead atoms. The van der Waals surface area contributed by atoms with E-state index in [9.17, 15) is 0 Å². The van der Waals surface area contributed by atoms with Crippen LogP contribution in [0.5, 0.6) is 0 Å². The quantitative estimate of drug-likeness (QED) is 0.756.